The fourth-order valence-electron chi connectivity index (χ4n) is 3.82. The van der Waals surface area contributed by atoms with E-state index < -0.39 is 0 Å². The Balaban J connectivity index is 1.82. The zero-order chi connectivity index (χ0) is 15.6. The van der Waals surface area contributed by atoms with Crippen LogP contribution in [0.2, 0.25) is 0 Å². The number of fused-ring (bicyclic) bond motifs is 3. The van der Waals surface area contributed by atoms with Gasteiger partial charge in [0.15, 0.2) is 5.78 Å². The van der Waals surface area contributed by atoms with E-state index in [0.717, 1.165) is 38.0 Å². The van der Waals surface area contributed by atoms with Crippen molar-refractivity contribution in [3.05, 3.63) is 77.5 Å². The second-order valence-electron chi connectivity index (χ2n) is 6.48. The maximum Gasteiger partial charge on any atom is 0.182 e. The van der Waals surface area contributed by atoms with Crippen molar-refractivity contribution in [1.29, 1.82) is 0 Å². The molecule has 2 nitrogen and oxygen atoms in total. The van der Waals surface area contributed by atoms with E-state index in [9.17, 15) is 4.79 Å². The van der Waals surface area contributed by atoms with E-state index in [1.54, 1.807) is 0 Å². The van der Waals surface area contributed by atoms with E-state index >= 15 is 0 Å². The van der Waals surface area contributed by atoms with Gasteiger partial charge in [0.25, 0.3) is 0 Å². The van der Waals surface area contributed by atoms with Gasteiger partial charge in [-0.3, -0.25) is 4.79 Å². The lowest BCUT2D eigenvalue weighted by Gasteiger charge is -2.42. The van der Waals surface area contributed by atoms with Gasteiger partial charge in [-0.05, 0) is 29.5 Å². The average Bonchev–Trinajstić information content (AvgIpc) is 2.63. The third-order valence-corrected chi connectivity index (χ3v) is 5.05. The summed E-state index contributed by atoms with van der Waals surface area (Å²) in [4.78, 5) is 15.2. The summed E-state index contributed by atoms with van der Waals surface area (Å²) in [6.07, 6.45) is 2.86. The molecule has 0 saturated carbocycles. The van der Waals surface area contributed by atoms with E-state index in [2.05, 4.69) is 53.4 Å². The highest BCUT2D eigenvalue weighted by molar-refractivity contribution is 6.05. The molecule has 3 saturated heterocycles. The summed E-state index contributed by atoms with van der Waals surface area (Å²) in [5.74, 6) is 0.599. The fourth-order valence-corrected chi connectivity index (χ4v) is 3.82. The molecular weight excluding hydrogens is 282 g/mol. The third-order valence-electron chi connectivity index (χ3n) is 5.05. The molecule has 5 rings (SSSR count). The number of allylic oxidation sites excluding steroid dienone is 2. The normalized spacial score (nSPS) is 20.0. The first kappa shape index (κ1) is 14.3. The van der Waals surface area contributed by atoms with Crippen molar-refractivity contribution in [2.24, 2.45) is 5.92 Å². The minimum absolute atomic E-state index is 0.240. The van der Waals surface area contributed by atoms with Gasteiger partial charge in [-0.15, -0.1) is 0 Å². The van der Waals surface area contributed by atoms with Gasteiger partial charge in [0, 0.05) is 25.4 Å². The van der Waals surface area contributed by atoms with Gasteiger partial charge in [-0.25, -0.2) is 0 Å². The Bertz CT molecular complexity index is 725. The number of carbonyl (C=O) groups is 1. The number of carbonyl (C=O) groups excluding carboxylic acids is 1. The molecule has 23 heavy (non-hydrogen) atoms. The van der Waals surface area contributed by atoms with E-state index in [1.165, 1.54) is 16.7 Å². The topological polar surface area (TPSA) is 20.3 Å². The first-order valence-electron chi connectivity index (χ1n) is 8.44. The van der Waals surface area contributed by atoms with Gasteiger partial charge in [0.05, 0.1) is 5.70 Å². The fraction of sp³-hybridized carbons (Fsp3) is 0.286. The molecule has 0 N–H and O–H groups in total. The molecule has 2 bridgehead atoms. The van der Waals surface area contributed by atoms with Gasteiger partial charge in [-0.2, -0.15) is 0 Å². The van der Waals surface area contributed by atoms with Gasteiger partial charge in [-0.1, -0.05) is 60.7 Å². The Labute approximate surface area is 137 Å². The number of benzene rings is 2. The molecule has 116 valence electrons. The summed E-state index contributed by atoms with van der Waals surface area (Å²) in [6, 6.07) is 20.9. The maximum absolute atomic E-state index is 12.9. The lowest BCUT2D eigenvalue weighted by molar-refractivity contribution is -0.125. The number of hydrogen-bond acceptors (Lipinski definition) is 2. The highest BCUT2D eigenvalue weighted by Gasteiger charge is 2.38. The molecule has 0 aromatic heterocycles. The first-order valence-corrected chi connectivity index (χ1v) is 8.44. The molecule has 2 heteroatoms. The summed E-state index contributed by atoms with van der Waals surface area (Å²) < 4.78 is 0. The van der Waals surface area contributed by atoms with Crippen molar-refractivity contribution < 1.29 is 4.79 Å². The van der Waals surface area contributed by atoms with E-state index in [1.807, 2.05) is 12.1 Å². The number of ketones is 1. The summed E-state index contributed by atoms with van der Waals surface area (Å²) in [7, 11) is 0. The van der Waals surface area contributed by atoms with Gasteiger partial charge >= 0.3 is 0 Å². The molecular formula is C21H21NO. The van der Waals surface area contributed by atoms with Crippen LogP contribution in [0.1, 0.15) is 24.0 Å². The largest absolute Gasteiger partial charge is 0.368 e. The minimum atomic E-state index is 0.240. The zero-order valence-electron chi connectivity index (χ0n) is 13.2. The number of Topliss-reactive ketones (excluding diaryl/α,β-unsaturated/α-hetero) is 1. The van der Waals surface area contributed by atoms with Gasteiger partial charge in [0.1, 0.15) is 0 Å². The Morgan fingerprint density at radius 1 is 0.913 bits per heavy atom. The monoisotopic (exact) mass is 303 g/mol. The summed E-state index contributed by atoms with van der Waals surface area (Å²) >= 11 is 0. The highest BCUT2D eigenvalue weighted by Crippen LogP contribution is 2.36. The van der Waals surface area contributed by atoms with Crippen LogP contribution in [0.3, 0.4) is 0 Å². The van der Waals surface area contributed by atoms with Crippen molar-refractivity contribution in [2.45, 2.75) is 19.3 Å². The smallest absolute Gasteiger partial charge is 0.182 e. The van der Waals surface area contributed by atoms with E-state index in [4.69, 9.17) is 0 Å². The van der Waals surface area contributed by atoms with Crippen molar-refractivity contribution in [3.8, 4) is 0 Å². The Morgan fingerprint density at radius 3 is 2.13 bits per heavy atom. The number of piperidine rings is 3. The summed E-state index contributed by atoms with van der Waals surface area (Å²) in [5.41, 5.74) is 4.59. The third kappa shape index (κ3) is 2.70. The van der Waals surface area contributed by atoms with Crippen LogP contribution in [0.4, 0.5) is 0 Å². The zero-order valence-corrected chi connectivity index (χ0v) is 13.2. The van der Waals surface area contributed by atoms with Crippen LogP contribution in [0.15, 0.2) is 66.4 Å². The standard InChI is InChI=1S/C21H21NO/c23-21-18-11-13-22(14-12-18)20(21)19(17-9-5-2-6-10-17)15-16-7-3-1-4-8-16/h1-10,18H,11-15H2/b20-19+. The van der Waals surface area contributed by atoms with Crippen molar-refractivity contribution >= 4 is 11.4 Å². The molecule has 0 atom stereocenters. The second-order valence-corrected chi connectivity index (χ2v) is 6.48. The van der Waals surface area contributed by atoms with Crippen LogP contribution in [-0.4, -0.2) is 23.8 Å². The molecule has 0 amide bonds. The number of hydrogen-bond donors (Lipinski definition) is 0. The van der Waals surface area contributed by atoms with Crippen LogP contribution in [0.5, 0.6) is 0 Å². The van der Waals surface area contributed by atoms with Crippen molar-refractivity contribution in [2.75, 3.05) is 13.1 Å². The Kier molecular flexibility index (Phi) is 3.74. The molecule has 3 fully saturated rings. The van der Waals surface area contributed by atoms with Crippen LogP contribution < -0.4 is 0 Å². The molecule has 3 heterocycles. The molecule has 0 radical (unpaired) electrons. The Morgan fingerprint density at radius 2 is 1.52 bits per heavy atom. The van der Waals surface area contributed by atoms with E-state index in [-0.39, 0.29) is 5.92 Å². The predicted molar refractivity (Wildman–Crippen MR) is 92.8 cm³/mol. The quantitative estimate of drug-likeness (QED) is 0.801. The first-order chi connectivity index (χ1) is 11.3. The van der Waals surface area contributed by atoms with Crippen LogP contribution >= 0.6 is 0 Å². The summed E-state index contributed by atoms with van der Waals surface area (Å²) in [6.45, 7) is 2.05. The van der Waals surface area contributed by atoms with Gasteiger partial charge in [0.2, 0.25) is 0 Å². The molecule has 2 aromatic carbocycles. The molecule has 3 aliphatic rings. The predicted octanol–water partition coefficient (Wildman–Crippen LogP) is 3.94. The van der Waals surface area contributed by atoms with Crippen LogP contribution in [0.25, 0.3) is 5.57 Å². The summed E-state index contributed by atoms with van der Waals surface area (Å²) in [5, 5.41) is 0. The minimum Gasteiger partial charge on any atom is -0.368 e. The van der Waals surface area contributed by atoms with E-state index in [0.29, 0.717) is 5.78 Å². The molecule has 3 aliphatic heterocycles. The second kappa shape index (κ2) is 6.04. The van der Waals surface area contributed by atoms with Crippen LogP contribution in [-0.2, 0) is 11.2 Å². The lowest BCUT2D eigenvalue weighted by atomic mass is 9.81. The highest BCUT2D eigenvalue weighted by atomic mass is 16.1. The average molecular weight is 303 g/mol. The molecule has 0 unspecified atom stereocenters. The molecule has 0 spiro atoms. The molecule has 2 aromatic rings. The maximum atomic E-state index is 12.9. The van der Waals surface area contributed by atoms with Crippen molar-refractivity contribution in [1.82, 2.24) is 4.90 Å². The number of nitrogens with zero attached hydrogens (tertiary/aromatic N) is 1. The Hall–Kier alpha value is -2.35. The van der Waals surface area contributed by atoms with Crippen LogP contribution in [0, 0.1) is 5.92 Å². The number of rotatable bonds is 3. The van der Waals surface area contributed by atoms with Gasteiger partial charge < -0.3 is 4.90 Å². The van der Waals surface area contributed by atoms with Crippen molar-refractivity contribution in [3.63, 3.8) is 0 Å². The lowest BCUT2D eigenvalue weighted by Crippen LogP contribution is -2.46. The molecule has 0 aliphatic carbocycles. The SMILES string of the molecule is O=C1/C(=C(/Cc2ccccc2)c2ccccc2)N2CCC1CC2.